The number of hydrogen-bond acceptors (Lipinski definition) is 4. The Labute approximate surface area is 171 Å². The van der Waals surface area contributed by atoms with Gasteiger partial charge in [-0.25, -0.2) is 0 Å². The van der Waals surface area contributed by atoms with E-state index < -0.39 is 12.8 Å². The standard InChI is InChI=1S/C22H20F3N3O2/c1-13(19-7-6-16(11-27-19)30-12-22(23,24)25)28-21(29)18-10-17(18)15-5-4-14-3-2-8-26-20(14)9-15/h2-9,11,13,17-18H,10,12H2,1H3,(H,28,29)/t13-,17+,18-/m1/s1. The van der Waals surface area contributed by atoms with Gasteiger partial charge in [0.15, 0.2) is 6.61 Å². The van der Waals surface area contributed by atoms with E-state index in [2.05, 4.69) is 20.0 Å². The lowest BCUT2D eigenvalue weighted by Gasteiger charge is -2.14. The zero-order valence-corrected chi connectivity index (χ0v) is 16.2. The Hall–Kier alpha value is -3.16. The van der Waals surface area contributed by atoms with Crippen LogP contribution in [-0.2, 0) is 4.79 Å². The maximum Gasteiger partial charge on any atom is 0.422 e. The van der Waals surface area contributed by atoms with E-state index in [1.165, 1.54) is 12.3 Å². The van der Waals surface area contributed by atoms with Crippen LogP contribution in [0.25, 0.3) is 10.9 Å². The lowest BCUT2D eigenvalue weighted by atomic mass is 10.1. The van der Waals surface area contributed by atoms with Crippen molar-refractivity contribution in [3.63, 3.8) is 0 Å². The van der Waals surface area contributed by atoms with Crippen LogP contribution in [0.15, 0.2) is 54.9 Å². The predicted molar refractivity (Wildman–Crippen MR) is 105 cm³/mol. The maximum absolute atomic E-state index is 12.6. The van der Waals surface area contributed by atoms with Gasteiger partial charge in [0.05, 0.1) is 23.4 Å². The Morgan fingerprint density at radius 3 is 2.80 bits per heavy atom. The fourth-order valence-electron chi connectivity index (χ4n) is 3.46. The summed E-state index contributed by atoms with van der Waals surface area (Å²) >= 11 is 0. The number of carbonyl (C=O) groups is 1. The number of rotatable bonds is 6. The number of pyridine rings is 2. The minimum atomic E-state index is -4.40. The van der Waals surface area contributed by atoms with E-state index >= 15 is 0 Å². The molecule has 1 saturated carbocycles. The van der Waals surface area contributed by atoms with Crippen LogP contribution < -0.4 is 10.1 Å². The summed E-state index contributed by atoms with van der Waals surface area (Å²) in [6.45, 7) is 0.418. The van der Waals surface area contributed by atoms with Crippen molar-refractivity contribution in [1.29, 1.82) is 0 Å². The lowest BCUT2D eigenvalue weighted by molar-refractivity contribution is -0.153. The third-order valence-electron chi connectivity index (χ3n) is 5.15. The average Bonchev–Trinajstić information content (AvgIpc) is 3.53. The molecule has 1 amide bonds. The first-order valence-electron chi connectivity index (χ1n) is 9.61. The number of hydrogen-bond donors (Lipinski definition) is 1. The van der Waals surface area contributed by atoms with Gasteiger partial charge in [0.25, 0.3) is 0 Å². The largest absolute Gasteiger partial charge is 0.483 e. The maximum atomic E-state index is 12.6. The van der Waals surface area contributed by atoms with E-state index in [0.29, 0.717) is 5.69 Å². The monoisotopic (exact) mass is 415 g/mol. The number of aromatic nitrogens is 2. The number of nitrogens with one attached hydrogen (secondary N) is 1. The molecule has 30 heavy (non-hydrogen) atoms. The molecule has 1 fully saturated rings. The van der Waals surface area contributed by atoms with Crippen LogP contribution in [0.2, 0.25) is 0 Å². The number of carbonyl (C=O) groups excluding carboxylic acids is 1. The molecule has 8 heteroatoms. The molecule has 3 atom stereocenters. The molecule has 0 unspecified atom stereocenters. The highest BCUT2D eigenvalue weighted by atomic mass is 19.4. The van der Waals surface area contributed by atoms with E-state index in [9.17, 15) is 18.0 Å². The van der Waals surface area contributed by atoms with Crippen molar-refractivity contribution >= 4 is 16.8 Å². The zero-order valence-electron chi connectivity index (χ0n) is 16.2. The van der Waals surface area contributed by atoms with Gasteiger partial charge >= 0.3 is 6.18 Å². The van der Waals surface area contributed by atoms with Gasteiger partial charge in [0.2, 0.25) is 5.91 Å². The number of benzene rings is 1. The summed E-state index contributed by atoms with van der Waals surface area (Å²) in [5, 5.41) is 3.99. The van der Waals surface area contributed by atoms with E-state index in [4.69, 9.17) is 0 Å². The van der Waals surface area contributed by atoms with Gasteiger partial charge in [-0.3, -0.25) is 14.8 Å². The first kappa shape index (κ1) is 20.1. The average molecular weight is 415 g/mol. The predicted octanol–water partition coefficient (Wildman–Crippen LogP) is 4.55. The molecule has 1 aliphatic carbocycles. The Bertz CT molecular complexity index is 1050. The minimum absolute atomic E-state index is 0.0294. The van der Waals surface area contributed by atoms with E-state index in [1.807, 2.05) is 30.3 Å². The van der Waals surface area contributed by atoms with Gasteiger partial charge in [-0.05, 0) is 49.1 Å². The van der Waals surface area contributed by atoms with Crippen LogP contribution in [0.1, 0.15) is 36.6 Å². The summed E-state index contributed by atoms with van der Waals surface area (Å²) in [6.07, 6.45) is -0.653. The molecular weight excluding hydrogens is 395 g/mol. The second kappa shape index (κ2) is 7.93. The van der Waals surface area contributed by atoms with Crippen molar-refractivity contribution in [2.24, 2.45) is 5.92 Å². The SMILES string of the molecule is C[C@@H](NC(=O)[C@@H]1C[C@H]1c1ccc2cccnc2c1)c1ccc(OCC(F)(F)F)cn1. The topological polar surface area (TPSA) is 64.1 Å². The Kier molecular flexibility index (Phi) is 5.32. The Morgan fingerprint density at radius 1 is 1.23 bits per heavy atom. The second-order valence-electron chi connectivity index (χ2n) is 7.46. The number of fused-ring (bicyclic) bond motifs is 1. The number of ether oxygens (including phenoxy) is 1. The molecule has 0 spiro atoms. The molecule has 1 aromatic carbocycles. The van der Waals surface area contributed by atoms with Gasteiger partial charge < -0.3 is 10.1 Å². The smallest absolute Gasteiger partial charge is 0.422 e. The summed E-state index contributed by atoms with van der Waals surface area (Å²) in [5.41, 5.74) is 2.56. The fourth-order valence-corrected chi connectivity index (χ4v) is 3.46. The van der Waals surface area contributed by atoms with E-state index in [0.717, 1.165) is 22.9 Å². The van der Waals surface area contributed by atoms with E-state index in [1.54, 1.807) is 19.2 Å². The number of halogens is 3. The van der Waals surface area contributed by atoms with Crippen molar-refractivity contribution in [3.05, 3.63) is 66.1 Å². The lowest BCUT2D eigenvalue weighted by Crippen LogP contribution is -2.29. The summed E-state index contributed by atoms with van der Waals surface area (Å²) in [4.78, 5) is 21.1. The van der Waals surface area contributed by atoms with Crippen molar-refractivity contribution in [3.8, 4) is 5.75 Å². The summed E-state index contributed by atoms with van der Waals surface area (Å²) in [7, 11) is 0. The van der Waals surface area contributed by atoms with Crippen LogP contribution in [0.3, 0.4) is 0 Å². The zero-order chi connectivity index (χ0) is 21.3. The van der Waals surface area contributed by atoms with Crippen molar-refractivity contribution in [1.82, 2.24) is 15.3 Å². The molecule has 2 heterocycles. The van der Waals surface area contributed by atoms with Crippen LogP contribution in [0, 0.1) is 5.92 Å². The number of nitrogens with zero attached hydrogens (tertiary/aromatic N) is 2. The van der Waals surface area contributed by atoms with Gasteiger partial charge in [-0.2, -0.15) is 13.2 Å². The van der Waals surface area contributed by atoms with Gasteiger partial charge in [-0.1, -0.05) is 18.2 Å². The van der Waals surface area contributed by atoms with Crippen molar-refractivity contribution < 1.29 is 22.7 Å². The van der Waals surface area contributed by atoms with Gasteiger partial charge in [0.1, 0.15) is 5.75 Å². The first-order valence-corrected chi connectivity index (χ1v) is 9.61. The van der Waals surface area contributed by atoms with Crippen LogP contribution in [0.5, 0.6) is 5.75 Å². The minimum Gasteiger partial charge on any atom is -0.483 e. The molecule has 3 aromatic rings. The molecule has 5 nitrogen and oxygen atoms in total. The Balaban J connectivity index is 1.33. The number of amides is 1. The van der Waals surface area contributed by atoms with Gasteiger partial charge in [-0.15, -0.1) is 0 Å². The molecule has 1 N–H and O–H groups in total. The molecule has 0 radical (unpaired) electrons. The second-order valence-corrected chi connectivity index (χ2v) is 7.46. The van der Waals surface area contributed by atoms with Crippen LogP contribution in [0.4, 0.5) is 13.2 Å². The first-order chi connectivity index (χ1) is 14.3. The summed E-state index contributed by atoms with van der Waals surface area (Å²) < 4.78 is 41.3. The Morgan fingerprint density at radius 2 is 2.07 bits per heavy atom. The highest BCUT2D eigenvalue weighted by Crippen LogP contribution is 2.48. The van der Waals surface area contributed by atoms with Crippen molar-refractivity contribution in [2.45, 2.75) is 31.5 Å². The normalized spacial score (nSPS) is 19.3. The number of alkyl halides is 3. The summed E-state index contributed by atoms with van der Waals surface area (Å²) in [6, 6.07) is 12.6. The van der Waals surface area contributed by atoms with Gasteiger partial charge in [0, 0.05) is 17.5 Å². The molecule has 1 aliphatic rings. The molecule has 4 rings (SSSR count). The molecular formula is C22H20F3N3O2. The molecule has 0 saturated heterocycles. The molecule has 0 bridgehead atoms. The van der Waals surface area contributed by atoms with Crippen LogP contribution in [-0.4, -0.2) is 28.7 Å². The highest BCUT2D eigenvalue weighted by Gasteiger charge is 2.44. The van der Waals surface area contributed by atoms with Crippen LogP contribution >= 0.6 is 0 Å². The van der Waals surface area contributed by atoms with Crippen molar-refractivity contribution in [2.75, 3.05) is 6.61 Å². The highest BCUT2D eigenvalue weighted by molar-refractivity contribution is 5.84. The quantitative estimate of drug-likeness (QED) is 0.642. The van der Waals surface area contributed by atoms with E-state index in [-0.39, 0.29) is 29.5 Å². The molecule has 0 aliphatic heterocycles. The molecule has 156 valence electrons. The third kappa shape index (κ3) is 4.69. The molecule has 2 aromatic heterocycles. The summed E-state index contributed by atoms with van der Waals surface area (Å²) in [5.74, 6) is 0.0207. The third-order valence-corrected chi connectivity index (χ3v) is 5.15. The fraction of sp³-hybridized carbons (Fsp3) is 0.318.